The molecule has 2 aromatic heterocycles. The van der Waals surface area contributed by atoms with Gasteiger partial charge in [-0.2, -0.15) is 0 Å². The Morgan fingerprint density at radius 3 is 2.60 bits per heavy atom. The maximum atomic E-state index is 13.5. The molecule has 0 bridgehead atoms. The molecule has 4 rings (SSSR count). The van der Waals surface area contributed by atoms with Crippen LogP contribution < -0.4 is 5.32 Å². The third kappa shape index (κ3) is 5.59. The van der Waals surface area contributed by atoms with Crippen molar-refractivity contribution in [2.75, 3.05) is 32.8 Å². The average molecular weight is 474 g/mol. The highest BCUT2D eigenvalue weighted by atomic mass is 16.3. The van der Waals surface area contributed by atoms with Crippen LogP contribution in [0, 0.1) is 13.5 Å². The highest BCUT2D eigenvalue weighted by molar-refractivity contribution is 6.09. The van der Waals surface area contributed by atoms with Crippen LogP contribution in [-0.2, 0) is 11.2 Å². The molecule has 1 amide bonds. The zero-order valence-corrected chi connectivity index (χ0v) is 20.1. The summed E-state index contributed by atoms with van der Waals surface area (Å²) >= 11 is 0. The maximum Gasteiger partial charge on any atom is 0.224 e. The molecule has 3 aromatic rings. The normalized spacial score (nSPS) is 14.1. The van der Waals surface area contributed by atoms with Gasteiger partial charge in [-0.05, 0) is 63.0 Å². The highest BCUT2D eigenvalue weighted by Crippen LogP contribution is 2.30. The fourth-order valence-corrected chi connectivity index (χ4v) is 4.72. The van der Waals surface area contributed by atoms with Crippen molar-refractivity contribution in [2.45, 2.75) is 39.0 Å². The molecule has 0 atom stereocenters. The van der Waals surface area contributed by atoms with Crippen LogP contribution in [0.25, 0.3) is 21.6 Å². The first-order chi connectivity index (χ1) is 17.0. The Hall–Kier alpha value is -3.54. The van der Waals surface area contributed by atoms with Gasteiger partial charge in [0.2, 0.25) is 5.91 Å². The number of hydrogen-bond acceptors (Lipinski definition) is 5. The molecule has 1 aliphatic heterocycles. The molecule has 0 unspecified atom stereocenters. The van der Waals surface area contributed by atoms with Gasteiger partial charge < -0.3 is 15.0 Å². The molecule has 8 nitrogen and oxygen atoms in total. The summed E-state index contributed by atoms with van der Waals surface area (Å²) in [6.07, 6.45) is 5.77. The van der Waals surface area contributed by atoms with E-state index in [2.05, 4.69) is 20.0 Å². The number of nitrogens with one attached hydrogen (secondary N) is 1. The van der Waals surface area contributed by atoms with E-state index in [0.717, 1.165) is 48.4 Å². The predicted octanol–water partition coefficient (Wildman–Crippen LogP) is 3.59. The third-order valence-electron chi connectivity index (χ3n) is 6.45. The molecule has 1 aromatic carbocycles. The maximum absolute atomic E-state index is 13.5. The molecule has 0 aliphatic carbocycles. The molecule has 182 valence electrons. The molecule has 0 saturated carbocycles. The number of pyridine rings is 1. The van der Waals surface area contributed by atoms with Gasteiger partial charge in [0.15, 0.2) is 11.5 Å². The van der Waals surface area contributed by atoms with Crippen molar-refractivity contribution < 1.29 is 14.7 Å². The van der Waals surface area contributed by atoms with Crippen LogP contribution in [0.3, 0.4) is 0 Å². The number of amides is 1. The van der Waals surface area contributed by atoms with Gasteiger partial charge in [-0.3, -0.25) is 19.5 Å². The molecule has 1 aliphatic rings. The molecule has 8 heteroatoms. The number of rotatable bonds is 9. The van der Waals surface area contributed by atoms with Gasteiger partial charge in [0.25, 0.3) is 0 Å². The van der Waals surface area contributed by atoms with Gasteiger partial charge in [0.1, 0.15) is 0 Å². The molecule has 1 saturated heterocycles. The molecular formula is C27H31N5O3. The van der Waals surface area contributed by atoms with Crippen LogP contribution in [0.4, 0.5) is 5.69 Å². The van der Waals surface area contributed by atoms with Crippen molar-refractivity contribution in [3.63, 3.8) is 0 Å². The van der Waals surface area contributed by atoms with Gasteiger partial charge in [-0.1, -0.05) is 18.6 Å². The van der Waals surface area contributed by atoms with Gasteiger partial charge >= 0.3 is 0 Å². The topological polar surface area (TPSA) is 91.8 Å². The smallest absolute Gasteiger partial charge is 0.224 e. The Balaban J connectivity index is 1.73. The van der Waals surface area contributed by atoms with E-state index in [4.69, 9.17) is 11.7 Å². The van der Waals surface area contributed by atoms with Gasteiger partial charge in [0.05, 0.1) is 36.1 Å². The molecule has 3 heterocycles. The number of hydrogen-bond donors (Lipinski definition) is 2. The summed E-state index contributed by atoms with van der Waals surface area (Å²) in [5, 5.41) is 11.7. The SMILES string of the molecule is [C-]#[N+]c1ccc(-n2c(C)c(C(=O)CN3CCCCC3)c3ncc(CC(=O)NCCCO)cc32)cc1. The van der Waals surface area contributed by atoms with E-state index in [0.29, 0.717) is 36.3 Å². The first-order valence-electron chi connectivity index (χ1n) is 12.1. The van der Waals surface area contributed by atoms with Crippen LogP contribution >= 0.6 is 0 Å². The van der Waals surface area contributed by atoms with Crippen molar-refractivity contribution >= 4 is 28.4 Å². The molecule has 0 radical (unpaired) electrons. The number of aromatic nitrogens is 2. The molecular weight excluding hydrogens is 442 g/mol. The van der Waals surface area contributed by atoms with E-state index in [9.17, 15) is 9.59 Å². The number of ketones is 1. The highest BCUT2D eigenvalue weighted by Gasteiger charge is 2.24. The van der Waals surface area contributed by atoms with Gasteiger partial charge in [-0.15, -0.1) is 0 Å². The minimum absolute atomic E-state index is 0.0289. The summed E-state index contributed by atoms with van der Waals surface area (Å²) < 4.78 is 1.99. The Kier molecular flexibility index (Phi) is 7.91. The number of benzene rings is 1. The van der Waals surface area contributed by atoms with Crippen molar-refractivity contribution in [1.82, 2.24) is 19.8 Å². The number of aliphatic hydroxyl groups excluding tert-OH is 1. The van der Waals surface area contributed by atoms with E-state index < -0.39 is 0 Å². The van der Waals surface area contributed by atoms with Crippen LogP contribution in [0.15, 0.2) is 36.5 Å². The summed E-state index contributed by atoms with van der Waals surface area (Å²) in [5.41, 5.74) is 4.92. The van der Waals surface area contributed by atoms with Crippen LogP contribution in [-0.4, -0.2) is 64.0 Å². The van der Waals surface area contributed by atoms with E-state index in [1.54, 1.807) is 18.3 Å². The second kappa shape index (κ2) is 11.3. The van der Waals surface area contributed by atoms with E-state index in [-0.39, 0.29) is 24.7 Å². The summed E-state index contributed by atoms with van der Waals surface area (Å²) in [5.74, 6) is -0.0924. The first-order valence-corrected chi connectivity index (χ1v) is 12.1. The number of Topliss-reactive ketones (excluding diaryl/α,β-unsaturated/α-hetero) is 1. The fourth-order valence-electron chi connectivity index (χ4n) is 4.72. The minimum Gasteiger partial charge on any atom is -0.396 e. The Morgan fingerprint density at radius 1 is 1.17 bits per heavy atom. The lowest BCUT2D eigenvalue weighted by Gasteiger charge is -2.25. The second-order valence-corrected chi connectivity index (χ2v) is 9.00. The van der Waals surface area contributed by atoms with Crippen LogP contribution in [0.5, 0.6) is 0 Å². The van der Waals surface area contributed by atoms with E-state index in [1.165, 1.54) is 6.42 Å². The molecule has 0 spiro atoms. The lowest BCUT2D eigenvalue weighted by atomic mass is 10.1. The zero-order chi connectivity index (χ0) is 24.8. The molecule has 1 fully saturated rings. The predicted molar refractivity (Wildman–Crippen MR) is 135 cm³/mol. The van der Waals surface area contributed by atoms with Crippen molar-refractivity contribution in [3.8, 4) is 5.69 Å². The van der Waals surface area contributed by atoms with Gasteiger partial charge in [-0.25, -0.2) is 4.85 Å². The Labute approximate surface area is 205 Å². The number of fused-ring (bicyclic) bond motifs is 1. The van der Waals surface area contributed by atoms with Crippen molar-refractivity contribution in [1.29, 1.82) is 0 Å². The number of carbonyl (C=O) groups excluding carboxylic acids is 2. The quantitative estimate of drug-likeness (QED) is 0.282. The van der Waals surface area contributed by atoms with Crippen molar-refractivity contribution in [3.05, 3.63) is 64.8 Å². The summed E-state index contributed by atoms with van der Waals surface area (Å²) in [7, 11) is 0. The van der Waals surface area contributed by atoms with Crippen LogP contribution in [0.1, 0.15) is 47.3 Å². The number of likely N-dealkylation sites (tertiary alicyclic amines) is 1. The largest absolute Gasteiger partial charge is 0.396 e. The summed E-state index contributed by atoms with van der Waals surface area (Å²) in [4.78, 5) is 36.2. The number of nitrogens with zero attached hydrogens (tertiary/aromatic N) is 4. The minimum atomic E-state index is -0.141. The van der Waals surface area contributed by atoms with E-state index in [1.807, 2.05) is 29.7 Å². The van der Waals surface area contributed by atoms with Gasteiger partial charge in [0, 0.05) is 30.7 Å². The number of piperidine rings is 1. The number of aliphatic hydroxyl groups is 1. The summed E-state index contributed by atoms with van der Waals surface area (Å²) in [6, 6.07) is 9.17. The standard InChI is InChI=1S/C27H31N5O3/c1-19-26(24(34)18-31-12-4-3-5-13-31)27-23(32(19)22-9-7-21(28-2)8-10-22)15-20(17-30-27)16-25(35)29-11-6-14-33/h7-10,15,17,33H,3-6,11-14,16,18H2,1H3,(H,29,35). The summed E-state index contributed by atoms with van der Waals surface area (Å²) in [6.45, 7) is 11.8. The average Bonchev–Trinajstić information content (AvgIpc) is 3.16. The molecule has 2 N–H and O–H groups in total. The molecule has 35 heavy (non-hydrogen) atoms. The first kappa shape index (κ1) is 24.6. The Morgan fingerprint density at radius 2 is 1.91 bits per heavy atom. The fraction of sp³-hybridized carbons (Fsp3) is 0.407. The Bertz CT molecular complexity index is 1250. The van der Waals surface area contributed by atoms with Crippen molar-refractivity contribution in [2.24, 2.45) is 0 Å². The van der Waals surface area contributed by atoms with Crippen LogP contribution in [0.2, 0.25) is 0 Å². The zero-order valence-electron chi connectivity index (χ0n) is 20.1. The third-order valence-corrected chi connectivity index (χ3v) is 6.45. The monoisotopic (exact) mass is 473 g/mol. The second-order valence-electron chi connectivity index (χ2n) is 9.00. The van der Waals surface area contributed by atoms with E-state index >= 15 is 0 Å². The lowest BCUT2D eigenvalue weighted by Crippen LogP contribution is -2.34. The lowest BCUT2D eigenvalue weighted by molar-refractivity contribution is -0.120. The number of carbonyl (C=O) groups is 2.